The van der Waals surface area contributed by atoms with Crippen LogP contribution in [0.3, 0.4) is 0 Å². The Kier molecular flexibility index (Phi) is 6.20. The SMILES string of the molecule is COc1cc(NC(=O)CCC(=O)c2cccs2)cc(OC)c1OC. The van der Waals surface area contributed by atoms with Crippen molar-refractivity contribution in [3.63, 3.8) is 0 Å². The summed E-state index contributed by atoms with van der Waals surface area (Å²) < 4.78 is 15.7. The van der Waals surface area contributed by atoms with E-state index in [-0.39, 0.29) is 24.5 Å². The summed E-state index contributed by atoms with van der Waals surface area (Å²) in [5.41, 5.74) is 0.512. The number of rotatable bonds is 8. The molecule has 6 nitrogen and oxygen atoms in total. The van der Waals surface area contributed by atoms with Crippen molar-refractivity contribution >= 4 is 28.7 Å². The van der Waals surface area contributed by atoms with E-state index in [9.17, 15) is 9.59 Å². The minimum absolute atomic E-state index is 0.0370. The number of anilines is 1. The predicted octanol–water partition coefficient (Wildman–Crippen LogP) is 3.38. The summed E-state index contributed by atoms with van der Waals surface area (Å²) in [6, 6.07) is 6.85. The van der Waals surface area contributed by atoms with Crippen molar-refractivity contribution in [3.05, 3.63) is 34.5 Å². The zero-order valence-electron chi connectivity index (χ0n) is 13.8. The zero-order chi connectivity index (χ0) is 17.5. The summed E-state index contributed by atoms with van der Waals surface area (Å²) in [5.74, 6) is 1.05. The van der Waals surface area contributed by atoms with E-state index in [4.69, 9.17) is 14.2 Å². The second-order valence-corrected chi connectivity index (χ2v) is 5.81. The second kappa shape index (κ2) is 8.35. The van der Waals surface area contributed by atoms with Gasteiger partial charge in [0.25, 0.3) is 0 Å². The molecule has 1 aromatic carbocycles. The summed E-state index contributed by atoms with van der Waals surface area (Å²) in [7, 11) is 4.51. The lowest BCUT2D eigenvalue weighted by atomic mass is 10.2. The van der Waals surface area contributed by atoms with E-state index in [0.29, 0.717) is 27.8 Å². The van der Waals surface area contributed by atoms with Crippen LogP contribution in [0.15, 0.2) is 29.6 Å². The minimum atomic E-state index is -0.255. The van der Waals surface area contributed by atoms with E-state index in [0.717, 1.165) is 0 Å². The van der Waals surface area contributed by atoms with Crippen LogP contribution in [0, 0.1) is 0 Å². The normalized spacial score (nSPS) is 10.1. The van der Waals surface area contributed by atoms with Gasteiger partial charge in [-0.25, -0.2) is 0 Å². The summed E-state index contributed by atoms with van der Waals surface area (Å²) in [5, 5.41) is 4.58. The van der Waals surface area contributed by atoms with Gasteiger partial charge in [-0.15, -0.1) is 11.3 Å². The number of amides is 1. The topological polar surface area (TPSA) is 73.9 Å². The molecule has 1 amide bonds. The molecule has 0 bridgehead atoms. The fraction of sp³-hybridized carbons (Fsp3) is 0.294. The molecule has 0 aliphatic carbocycles. The first-order chi connectivity index (χ1) is 11.6. The Labute approximate surface area is 144 Å². The number of carbonyl (C=O) groups is 2. The molecule has 0 aliphatic rings. The Balaban J connectivity index is 2.02. The first-order valence-corrected chi connectivity index (χ1v) is 8.13. The van der Waals surface area contributed by atoms with Crippen LogP contribution in [0.2, 0.25) is 0 Å². The number of ketones is 1. The monoisotopic (exact) mass is 349 g/mol. The van der Waals surface area contributed by atoms with Crippen molar-refractivity contribution < 1.29 is 23.8 Å². The van der Waals surface area contributed by atoms with E-state index in [1.807, 2.05) is 11.4 Å². The number of carbonyl (C=O) groups excluding carboxylic acids is 2. The molecule has 1 N–H and O–H groups in total. The summed E-state index contributed by atoms with van der Waals surface area (Å²) in [6.07, 6.45) is 0.268. The van der Waals surface area contributed by atoms with Gasteiger partial charge < -0.3 is 19.5 Å². The maximum atomic E-state index is 12.1. The molecule has 1 aromatic heterocycles. The van der Waals surface area contributed by atoms with Crippen LogP contribution in [0.25, 0.3) is 0 Å². The van der Waals surface area contributed by atoms with E-state index in [2.05, 4.69) is 5.32 Å². The van der Waals surface area contributed by atoms with Crippen molar-refractivity contribution in [1.29, 1.82) is 0 Å². The Hall–Kier alpha value is -2.54. The standard InChI is InChI=1S/C17H19NO5S/c1-21-13-9-11(10-14(22-2)17(13)23-3)18-16(20)7-6-12(19)15-5-4-8-24-15/h4-5,8-10H,6-7H2,1-3H3,(H,18,20). The van der Waals surface area contributed by atoms with Crippen LogP contribution in [-0.4, -0.2) is 33.0 Å². The number of hydrogen-bond donors (Lipinski definition) is 1. The largest absolute Gasteiger partial charge is 0.493 e. The molecule has 0 atom stereocenters. The predicted molar refractivity (Wildman–Crippen MR) is 92.6 cm³/mol. The van der Waals surface area contributed by atoms with Crippen LogP contribution < -0.4 is 19.5 Å². The lowest BCUT2D eigenvalue weighted by molar-refractivity contribution is -0.116. The lowest BCUT2D eigenvalue weighted by Crippen LogP contribution is -2.13. The highest BCUT2D eigenvalue weighted by Gasteiger charge is 2.15. The molecule has 0 saturated heterocycles. The Morgan fingerprint density at radius 2 is 1.71 bits per heavy atom. The molecular formula is C17H19NO5S. The van der Waals surface area contributed by atoms with Gasteiger partial charge >= 0.3 is 0 Å². The van der Waals surface area contributed by atoms with E-state index in [1.54, 1.807) is 18.2 Å². The Morgan fingerprint density at radius 3 is 2.21 bits per heavy atom. The average Bonchev–Trinajstić information content (AvgIpc) is 3.13. The maximum Gasteiger partial charge on any atom is 0.224 e. The molecule has 0 aliphatic heterocycles. The molecule has 24 heavy (non-hydrogen) atoms. The molecule has 2 aromatic rings. The number of thiophene rings is 1. The molecule has 0 spiro atoms. The van der Waals surface area contributed by atoms with Gasteiger partial charge in [0.1, 0.15) is 0 Å². The van der Waals surface area contributed by atoms with Gasteiger partial charge in [0.15, 0.2) is 17.3 Å². The van der Waals surface area contributed by atoms with Crippen molar-refractivity contribution in [2.24, 2.45) is 0 Å². The van der Waals surface area contributed by atoms with E-state index < -0.39 is 0 Å². The van der Waals surface area contributed by atoms with Crippen LogP contribution in [-0.2, 0) is 4.79 Å². The fourth-order valence-electron chi connectivity index (χ4n) is 2.16. The third kappa shape index (κ3) is 4.26. The molecule has 0 unspecified atom stereocenters. The summed E-state index contributed by atoms with van der Waals surface area (Å²) in [4.78, 5) is 24.7. The third-order valence-electron chi connectivity index (χ3n) is 3.32. The van der Waals surface area contributed by atoms with Gasteiger partial charge in [0, 0.05) is 30.7 Å². The number of Topliss-reactive ketones (excluding diaryl/α,β-unsaturated/α-hetero) is 1. The van der Waals surface area contributed by atoms with Gasteiger partial charge in [-0.3, -0.25) is 9.59 Å². The van der Waals surface area contributed by atoms with Crippen LogP contribution >= 0.6 is 11.3 Å². The van der Waals surface area contributed by atoms with Crippen LogP contribution in [0.4, 0.5) is 5.69 Å². The molecule has 0 radical (unpaired) electrons. The third-order valence-corrected chi connectivity index (χ3v) is 4.23. The minimum Gasteiger partial charge on any atom is -0.493 e. The number of hydrogen-bond acceptors (Lipinski definition) is 6. The number of benzene rings is 1. The Morgan fingerprint density at radius 1 is 1.04 bits per heavy atom. The van der Waals surface area contributed by atoms with Gasteiger partial charge in [0.05, 0.1) is 26.2 Å². The highest BCUT2D eigenvalue weighted by molar-refractivity contribution is 7.12. The quantitative estimate of drug-likeness (QED) is 0.740. The molecule has 1 heterocycles. The number of nitrogens with one attached hydrogen (secondary N) is 1. The zero-order valence-corrected chi connectivity index (χ0v) is 14.6. The van der Waals surface area contributed by atoms with Crippen molar-refractivity contribution in [3.8, 4) is 17.2 Å². The first-order valence-electron chi connectivity index (χ1n) is 7.25. The van der Waals surface area contributed by atoms with Crippen molar-refractivity contribution in [2.75, 3.05) is 26.6 Å². The summed E-state index contributed by atoms with van der Waals surface area (Å²) >= 11 is 1.37. The van der Waals surface area contributed by atoms with Crippen molar-refractivity contribution in [2.45, 2.75) is 12.8 Å². The fourth-order valence-corrected chi connectivity index (χ4v) is 2.86. The highest BCUT2D eigenvalue weighted by atomic mass is 32.1. The van der Waals surface area contributed by atoms with Gasteiger partial charge in [-0.1, -0.05) is 6.07 Å². The average molecular weight is 349 g/mol. The molecule has 2 rings (SSSR count). The lowest BCUT2D eigenvalue weighted by Gasteiger charge is -2.14. The highest BCUT2D eigenvalue weighted by Crippen LogP contribution is 2.39. The molecule has 0 fully saturated rings. The molecule has 128 valence electrons. The van der Waals surface area contributed by atoms with Gasteiger partial charge in [-0.05, 0) is 11.4 Å². The van der Waals surface area contributed by atoms with Crippen LogP contribution in [0.5, 0.6) is 17.2 Å². The van der Waals surface area contributed by atoms with Gasteiger partial charge in [0.2, 0.25) is 11.7 Å². The van der Waals surface area contributed by atoms with Gasteiger partial charge in [-0.2, -0.15) is 0 Å². The maximum absolute atomic E-state index is 12.1. The van der Waals surface area contributed by atoms with E-state index >= 15 is 0 Å². The van der Waals surface area contributed by atoms with E-state index in [1.165, 1.54) is 32.7 Å². The van der Waals surface area contributed by atoms with Crippen LogP contribution in [0.1, 0.15) is 22.5 Å². The number of methoxy groups -OCH3 is 3. The smallest absolute Gasteiger partial charge is 0.224 e. The Bertz CT molecular complexity index is 687. The van der Waals surface area contributed by atoms with Crippen molar-refractivity contribution in [1.82, 2.24) is 0 Å². The summed E-state index contributed by atoms with van der Waals surface area (Å²) in [6.45, 7) is 0. The second-order valence-electron chi connectivity index (χ2n) is 4.86. The first kappa shape index (κ1) is 17.8. The molecule has 7 heteroatoms. The number of ether oxygens (including phenoxy) is 3. The molecular weight excluding hydrogens is 330 g/mol. The molecule has 0 saturated carbocycles.